The van der Waals surface area contributed by atoms with Gasteiger partial charge in [-0.05, 0) is 47.2 Å². The van der Waals surface area contributed by atoms with Crippen LogP contribution in [0.25, 0.3) is 10.8 Å². The van der Waals surface area contributed by atoms with E-state index in [1.165, 1.54) is 0 Å². The molecule has 0 fully saturated rings. The van der Waals surface area contributed by atoms with Crippen LogP contribution in [0.1, 0.15) is 0 Å². The molecule has 0 saturated heterocycles. The summed E-state index contributed by atoms with van der Waals surface area (Å²) in [5, 5.41) is 2.10. The van der Waals surface area contributed by atoms with Crippen LogP contribution in [0.15, 0.2) is 66.7 Å². The fourth-order valence-corrected chi connectivity index (χ4v) is 2.46. The fraction of sp³-hybridized carbons (Fsp3) is 0.150. The maximum absolute atomic E-state index is 12.3. The second kappa shape index (κ2) is 7.04. The van der Waals surface area contributed by atoms with Crippen molar-refractivity contribution in [2.24, 2.45) is 0 Å². The summed E-state index contributed by atoms with van der Waals surface area (Å²) in [6.07, 6.45) is 0. The number of hydrogen-bond donors (Lipinski definition) is 0. The molecule has 4 nitrogen and oxygen atoms in total. The van der Waals surface area contributed by atoms with Crippen molar-refractivity contribution in [2.45, 2.75) is 0 Å². The summed E-state index contributed by atoms with van der Waals surface area (Å²) in [5.41, 5.74) is 0.842. The van der Waals surface area contributed by atoms with E-state index in [1.807, 2.05) is 66.7 Å². The van der Waals surface area contributed by atoms with Crippen molar-refractivity contribution in [1.29, 1.82) is 0 Å². The number of carbonyl (C=O) groups is 1. The lowest BCUT2D eigenvalue weighted by molar-refractivity contribution is -0.120. The first kappa shape index (κ1) is 15.9. The molecule has 1 amide bonds. The molecule has 0 aliphatic carbocycles. The van der Waals surface area contributed by atoms with Crippen molar-refractivity contribution in [1.82, 2.24) is 0 Å². The predicted molar refractivity (Wildman–Crippen MR) is 95.8 cm³/mol. The van der Waals surface area contributed by atoms with Gasteiger partial charge in [-0.1, -0.05) is 30.3 Å². The molecule has 0 aromatic heterocycles. The van der Waals surface area contributed by atoms with E-state index in [0.717, 1.165) is 22.2 Å². The maximum Gasteiger partial charge on any atom is 0.264 e. The summed E-state index contributed by atoms with van der Waals surface area (Å²) in [5.74, 6) is 1.34. The minimum atomic E-state index is -0.105. The third-order valence-electron chi connectivity index (χ3n) is 3.90. The second-order valence-electron chi connectivity index (χ2n) is 5.45. The first-order valence-electron chi connectivity index (χ1n) is 7.69. The average molecular weight is 321 g/mol. The van der Waals surface area contributed by atoms with Crippen LogP contribution in [0.5, 0.6) is 11.5 Å². The Hall–Kier alpha value is -3.01. The summed E-state index contributed by atoms with van der Waals surface area (Å²) in [7, 11) is 3.38. The van der Waals surface area contributed by atoms with Gasteiger partial charge in [0, 0.05) is 12.7 Å². The quantitative estimate of drug-likeness (QED) is 0.715. The highest BCUT2D eigenvalue weighted by molar-refractivity contribution is 5.94. The zero-order valence-corrected chi connectivity index (χ0v) is 13.7. The maximum atomic E-state index is 12.3. The molecule has 122 valence electrons. The van der Waals surface area contributed by atoms with Crippen molar-refractivity contribution in [3.05, 3.63) is 66.7 Å². The van der Waals surface area contributed by atoms with E-state index in [0.29, 0.717) is 5.75 Å². The second-order valence-corrected chi connectivity index (χ2v) is 5.45. The monoisotopic (exact) mass is 321 g/mol. The summed E-state index contributed by atoms with van der Waals surface area (Å²) in [6.45, 7) is -0.0130. The van der Waals surface area contributed by atoms with Crippen LogP contribution in [0.3, 0.4) is 0 Å². The van der Waals surface area contributed by atoms with Crippen molar-refractivity contribution in [3.63, 3.8) is 0 Å². The zero-order chi connectivity index (χ0) is 16.9. The van der Waals surface area contributed by atoms with Gasteiger partial charge in [-0.2, -0.15) is 0 Å². The molecule has 0 radical (unpaired) electrons. The van der Waals surface area contributed by atoms with Crippen LogP contribution in [-0.4, -0.2) is 26.7 Å². The summed E-state index contributed by atoms with van der Waals surface area (Å²) < 4.78 is 10.9. The van der Waals surface area contributed by atoms with E-state index in [9.17, 15) is 4.79 Å². The normalized spacial score (nSPS) is 10.4. The molecule has 3 aromatic rings. The largest absolute Gasteiger partial charge is 0.497 e. The lowest BCUT2D eigenvalue weighted by atomic mass is 10.1. The van der Waals surface area contributed by atoms with E-state index < -0.39 is 0 Å². The van der Waals surface area contributed by atoms with Crippen LogP contribution in [0, 0.1) is 0 Å². The lowest BCUT2D eigenvalue weighted by Gasteiger charge is -2.17. The van der Waals surface area contributed by atoms with E-state index in [2.05, 4.69) is 0 Å². The first-order valence-corrected chi connectivity index (χ1v) is 7.69. The Morgan fingerprint density at radius 1 is 0.917 bits per heavy atom. The number of para-hydroxylation sites is 1. The molecule has 0 saturated carbocycles. The minimum Gasteiger partial charge on any atom is -0.497 e. The molecule has 0 bridgehead atoms. The Balaban J connectivity index is 1.69. The van der Waals surface area contributed by atoms with Crippen LogP contribution in [0.4, 0.5) is 5.69 Å². The number of likely N-dealkylation sites (N-methyl/N-ethyl adjacent to an activating group) is 1. The minimum absolute atomic E-state index is 0.0130. The number of hydrogen-bond acceptors (Lipinski definition) is 3. The van der Waals surface area contributed by atoms with Crippen molar-refractivity contribution >= 4 is 22.4 Å². The van der Waals surface area contributed by atoms with E-state index >= 15 is 0 Å². The van der Waals surface area contributed by atoms with Crippen molar-refractivity contribution < 1.29 is 14.3 Å². The van der Waals surface area contributed by atoms with Crippen LogP contribution in [-0.2, 0) is 4.79 Å². The molecule has 3 rings (SSSR count). The van der Waals surface area contributed by atoms with Crippen LogP contribution < -0.4 is 14.4 Å². The molecule has 4 heteroatoms. The molecule has 0 aliphatic rings. The molecule has 24 heavy (non-hydrogen) atoms. The molecular weight excluding hydrogens is 302 g/mol. The number of methoxy groups -OCH3 is 1. The third kappa shape index (κ3) is 3.49. The first-order chi connectivity index (χ1) is 11.7. The molecule has 0 heterocycles. The number of ether oxygens (including phenoxy) is 2. The summed E-state index contributed by atoms with van der Waals surface area (Å²) >= 11 is 0. The molecular formula is C20H19NO3. The zero-order valence-electron chi connectivity index (χ0n) is 13.7. The van der Waals surface area contributed by atoms with E-state index in [-0.39, 0.29) is 12.5 Å². The number of carbonyl (C=O) groups excluding carboxylic acids is 1. The lowest BCUT2D eigenvalue weighted by Crippen LogP contribution is -2.31. The fourth-order valence-electron chi connectivity index (χ4n) is 2.46. The number of rotatable bonds is 5. The third-order valence-corrected chi connectivity index (χ3v) is 3.90. The van der Waals surface area contributed by atoms with Crippen molar-refractivity contribution in [3.8, 4) is 11.5 Å². The van der Waals surface area contributed by atoms with E-state index in [1.54, 1.807) is 19.1 Å². The Labute approximate surface area is 141 Å². The Bertz CT molecular complexity index is 846. The van der Waals surface area contributed by atoms with Crippen LogP contribution in [0.2, 0.25) is 0 Å². The van der Waals surface area contributed by atoms with Gasteiger partial charge < -0.3 is 14.4 Å². The Morgan fingerprint density at radius 3 is 2.29 bits per heavy atom. The van der Waals surface area contributed by atoms with Gasteiger partial charge in [0.05, 0.1) is 7.11 Å². The average Bonchev–Trinajstić information content (AvgIpc) is 2.65. The molecule has 0 aliphatic heterocycles. The number of nitrogens with zero attached hydrogens (tertiary/aromatic N) is 1. The number of anilines is 1. The molecule has 0 unspecified atom stereocenters. The Kier molecular flexibility index (Phi) is 4.66. The predicted octanol–water partition coefficient (Wildman–Crippen LogP) is 3.89. The number of amides is 1. The highest BCUT2D eigenvalue weighted by atomic mass is 16.5. The highest BCUT2D eigenvalue weighted by Crippen LogP contribution is 2.25. The number of fused-ring (bicyclic) bond motifs is 1. The van der Waals surface area contributed by atoms with Crippen molar-refractivity contribution in [2.75, 3.05) is 25.7 Å². The summed E-state index contributed by atoms with van der Waals surface area (Å²) in [6, 6.07) is 21.1. The Morgan fingerprint density at radius 2 is 1.58 bits per heavy atom. The smallest absolute Gasteiger partial charge is 0.264 e. The van der Waals surface area contributed by atoms with Gasteiger partial charge in [-0.3, -0.25) is 4.79 Å². The van der Waals surface area contributed by atoms with Gasteiger partial charge >= 0.3 is 0 Å². The highest BCUT2D eigenvalue weighted by Gasteiger charge is 2.11. The van der Waals surface area contributed by atoms with Gasteiger partial charge in [-0.25, -0.2) is 0 Å². The van der Waals surface area contributed by atoms with Gasteiger partial charge in [-0.15, -0.1) is 0 Å². The molecule has 0 spiro atoms. The SMILES string of the molecule is COc1ccc2ccc(OCC(=O)N(C)c3ccccc3)cc2c1. The van der Waals surface area contributed by atoms with Gasteiger partial charge in [0.2, 0.25) is 0 Å². The molecule has 0 N–H and O–H groups in total. The topological polar surface area (TPSA) is 38.8 Å². The summed E-state index contributed by atoms with van der Waals surface area (Å²) in [4.78, 5) is 13.8. The number of benzene rings is 3. The van der Waals surface area contributed by atoms with Gasteiger partial charge in [0.15, 0.2) is 6.61 Å². The van der Waals surface area contributed by atoms with E-state index in [4.69, 9.17) is 9.47 Å². The molecule has 0 atom stereocenters. The molecule has 3 aromatic carbocycles. The van der Waals surface area contributed by atoms with Crippen LogP contribution >= 0.6 is 0 Å². The van der Waals surface area contributed by atoms with Gasteiger partial charge in [0.1, 0.15) is 11.5 Å². The van der Waals surface area contributed by atoms with Gasteiger partial charge in [0.25, 0.3) is 5.91 Å². The standard InChI is InChI=1S/C20H19NO3/c1-21(17-6-4-3-5-7-17)20(22)14-24-19-11-9-15-8-10-18(23-2)12-16(15)13-19/h3-13H,14H2,1-2H3.